The van der Waals surface area contributed by atoms with Crippen molar-refractivity contribution in [2.75, 3.05) is 5.32 Å². The van der Waals surface area contributed by atoms with Crippen LogP contribution in [0.25, 0.3) is 0 Å². The van der Waals surface area contributed by atoms with E-state index in [0.717, 1.165) is 25.7 Å². The summed E-state index contributed by atoms with van der Waals surface area (Å²) in [6, 6.07) is 13.8. The normalized spacial score (nSPS) is 33.4. The molecule has 3 fully saturated rings. The first-order valence-corrected chi connectivity index (χ1v) is 16.1. The van der Waals surface area contributed by atoms with Crippen molar-refractivity contribution in [3.63, 3.8) is 0 Å². The van der Waals surface area contributed by atoms with Crippen LogP contribution in [-0.4, -0.2) is 52.5 Å². The van der Waals surface area contributed by atoms with Crippen LogP contribution in [0.5, 0.6) is 0 Å². The van der Waals surface area contributed by atoms with E-state index in [1.807, 2.05) is 37.3 Å². The van der Waals surface area contributed by atoms with Crippen LogP contribution in [0, 0.1) is 23.7 Å². The first-order valence-electron chi connectivity index (χ1n) is 15.4. The number of nitrogens with one attached hydrogen (secondary N) is 2. The number of aryl methyl sites for hydroxylation is 1. The Morgan fingerprint density at radius 2 is 1.79 bits per heavy atom. The van der Waals surface area contributed by atoms with Gasteiger partial charge < -0.3 is 20.3 Å². The number of likely N-dealkylation sites (tertiary alicyclic amines) is 1. The second-order valence-electron chi connectivity index (χ2n) is 12.8. The van der Waals surface area contributed by atoms with Crippen LogP contribution >= 0.6 is 23.2 Å². The third-order valence-electron chi connectivity index (χ3n) is 10.2. The molecule has 0 unspecified atom stereocenters. The van der Waals surface area contributed by atoms with Crippen LogP contribution in [0.15, 0.2) is 60.7 Å². The number of anilines is 1. The Bertz CT molecular complexity index is 1410. The van der Waals surface area contributed by atoms with E-state index in [9.17, 15) is 14.4 Å². The molecule has 2 saturated heterocycles. The number of halogens is 2. The first-order chi connectivity index (χ1) is 20.6. The average Bonchev–Trinajstić information content (AvgIpc) is 3.61. The van der Waals surface area contributed by atoms with Gasteiger partial charge in [-0.1, -0.05) is 92.4 Å². The lowest BCUT2D eigenvalue weighted by molar-refractivity contribution is -0.144. The summed E-state index contributed by atoms with van der Waals surface area (Å²) in [6.45, 7) is 6.41. The molecule has 2 aromatic rings. The molecule has 2 N–H and O–H groups in total. The molecule has 1 spiro atoms. The minimum Gasteiger partial charge on any atom is -0.359 e. The molecular weight excluding hydrogens is 585 g/mol. The highest BCUT2D eigenvalue weighted by molar-refractivity contribution is 6.35. The Kier molecular flexibility index (Phi) is 8.35. The van der Waals surface area contributed by atoms with Crippen LogP contribution in [0.2, 0.25) is 10.0 Å². The summed E-state index contributed by atoms with van der Waals surface area (Å²) in [5.74, 6) is -1.58. The molecule has 228 valence electrons. The second-order valence-corrected chi connectivity index (χ2v) is 13.7. The van der Waals surface area contributed by atoms with Gasteiger partial charge in [-0.25, -0.2) is 0 Å². The summed E-state index contributed by atoms with van der Waals surface area (Å²) in [6.07, 6.45) is 7.62. The fraction of sp³-hybridized carbons (Fsp3) is 0.500. The summed E-state index contributed by atoms with van der Waals surface area (Å²) >= 11 is 12.3. The van der Waals surface area contributed by atoms with E-state index in [4.69, 9.17) is 27.9 Å². The fourth-order valence-electron chi connectivity index (χ4n) is 7.74. The van der Waals surface area contributed by atoms with Crippen LogP contribution in [0.3, 0.4) is 0 Å². The third kappa shape index (κ3) is 5.49. The van der Waals surface area contributed by atoms with Crippen molar-refractivity contribution in [1.29, 1.82) is 0 Å². The maximum atomic E-state index is 14.4. The monoisotopic (exact) mass is 623 g/mol. The predicted molar refractivity (Wildman–Crippen MR) is 168 cm³/mol. The predicted octanol–water partition coefficient (Wildman–Crippen LogP) is 6.04. The molecule has 1 aliphatic carbocycles. The standard InChI is InChI=1S/C34H39Cl2N3O4/c1-19-8-7-11-26(21(19)3)38-32(41)30-34-15-14-27(43-34)28(31(40)37-25-17-23(35)16-24(36)18-25)29(34)33(42)39(30)20(2)12-13-22-9-5-4-6-10-22/h4-6,9-10,14-21,26-30H,7-8,11-13H2,1-3H3,(H,37,40)(H,38,41)/t19-,20-,21+,26+,27+,28+,29+,30+,34+/m1/s1. The molecule has 9 atom stereocenters. The summed E-state index contributed by atoms with van der Waals surface area (Å²) < 4.78 is 6.54. The van der Waals surface area contributed by atoms with E-state index >= 15 is 0 Å². The zero-order valence-electron chi connectivity index (χ0n) is 24.8. The van der Waals surface area contributed by atoms with Gasteiger partial charge in [0.15, 0.2) is 0 Å². The minimum atomic E-state index is -1.22. The molecule has 2 bridgehead atoms. The highest BCUT2D eigenvalue weighted by Gasteiger charge is 2.73. The van der Waals surface area contributed by atoms with Gasteiger partial charge in [0, 0.05) is 27.8 Å². The maximum absolute atomic E-state index is 14.4. The SMILES string of the molecule is C[C@H]1[C@H](C)CCC[C@@H]1NC(=O)[C@@H]1N([C@H](C)CCc2ccccc2)C(=O)[C@@H]2[C@@H](C(=O)Nc3cc(Cl)cc(Cl)c3)[C@@H]3C=C[C@]21O3. The fourth-order valence-corrected chi connectivity index (χ4v) is 8.27. The number of fused-ring (bicyclic) bond motifs is 1. The van der Waals surface area contributed by atoms with E-state index < -0.39 is 29.6 Å². The third-order valence-corrected chi connectivity index (χ3v) is 10.6. The number of nitrogens with zero attached hydrogens (tertiary/aromatic N) is 1. The Morgan fingerprint density at radius 1 is 1.07 bits per heavy atom. The molecule has 3 aliphatic heterocycles. The molecule has 0 aromatic heterocycles. The molecule has 6 rings (SSSR count). The van der Waals surface area contributed by atoms with Gasteiger partial charge in [-0.05, 0) is 61.8 Å². The van der Waals surface area contributed by atoms with Crippen molar-refractivity contribution in [3.8, 4) is 0 Å². The van der Waals surface area contributed by atoms with Gasteiger partial charge in [-0.3, -0.25) is 14.4 Å². The van der Waals surface area contributed by atoms with E-state index in [1.165, 1.54) is 5.56 Å². The Hall–Kier alpha value is -2.87. The molecule has 0 radical (unpaired) electrons. The lowest BCUT2D eigenvalue weighted by Gasteiger charge is -2.39. The van der Waals surface area contributed by atoms with E-state index in [1.54, 1.807) is 23.1 Å². The van der Waals surface area contributed by atoms with Gasteiger partial charge in [0.25, 0.3) is 0 Å². The molecule has 4 aliphatic rings. The van der Waals surface area contributed by atoms with E-state index in [0.29, 0.717) is 34.0 Å². The minimum absolute atomic E-state index is 0.0255. The molecule has 3 heterocycles. The molecule has 2 aromatic carbocycles. The molecule has 43 heavy (non-hydrogen) atoms. The van der Waals surface area contributed by atoms with Crippen LogP contribution in [0.4, 0.5) is 5.69 Å². The zero-order chi connectivity index (χ0) is 30.5. The van der Waals surface area contributed by atoms with Crippen molar-refractivity contribution in [2.24, 2.45) is 23.7 Å². The largest absolute Gasteiger partial charge is 0.359 e. The van der Waals surface area contributed by atoms with Gasteiger partial charge in [-0.2, -0.15) is 0 Å². The quantitative estimate of drug-likeness (QED) is 0.351. The van der Waals surface area contributed by atoms with Crippen molar-refractivity contribution in [1.82, 2.24) is 10.2 Å². The average molecular weight is 625 g/mol. The van der Waals surface area contributed by atoms with Crippen molar-refractivity contribution in [3.05, 3.63) is 76.3 Å². The number of amides is 3. The number of rotatable bonds is 8. The summed E-state index contributed by atoms with van der Waals surface area (Å²) in [4.78, 5) is 44.3. The molecule has 9 heteroatoms. The lowest BCUT2D eigenvalue weighted by Crippen LogP contribution is -2.59. The van der Waals surface area contributed by atoms with Crippen molar-refractivity contribution in [2.45, 2.75) is 82.7 Å². The molecular formula is C34H39Cl2N3O4. The van der Waals surface area contributed by atoms with Gasteiger partial charge in [0.05, 0.1) is 17.9 Å². The molecule has 7 nitrogen and oxygen atoms in total. The topological polar surface area (TPSA) is 87.7 Å². The highest BCUT2D eigenvalue weighted by atomic mass is 35.5. The first kappa shape index (κ1) is 30.2. The smallest absolute Gasteiger partial charge is 0.246 e. The number of carbonyl (C=O) groups excluding carboxylic acids is 3. The summed E-state index contributed by atoms with van der Waals surface area (Å²) in [7, 11) is 0. The molecule has 1 saturated carbocycles. The van der Waals surface area contributed by atoms with E-state index in [-0.39, 0.29) is 29.8 Å². The Labute approximate surface area is 263 Å². The van der Waals surface area contributed by atoms with E-state index in [2.05, 4.69) is 36.6 Å². The van der Waals surface area contributed by atoms with Crippen LogP contribution in [-0.2, 0) is 25.5 Å². The zero-order valence-corrected chi connectivity index (χ0v) is 26.3. The summed E-state index contributed by atoms with van der Waals surface area (Å²) in [5, 5.41) is 7.01. The van der Waals surface area contributed by atoms with Crippen LogP contribution < -0.4 is 10.6 Å². The van der Waals surface area contributed by atoms with Crippen molar-refractivity contribution >= 4 is 46.6 Å². The number of hydrogen-bond donors (Lipinski definition) is 2. The van der Waals surface area contributed by atoms with Gasteiger partial charge in [0.2, 0.25) is 17.7 Å². The van der Waals surface area contributed by atoms with Gasteiger partial charge in [0.1, 0.15) is 11.6 Å². The Balaban J connectivity index is 1.30. The highest BCUT2D eigenvalue weighted by Crippen LogP contribution is 2.56. The van der Waals surface area contributed by atoms with Crippen LogP contribution in [0.1, 0.15) is 52.0 Å². The van der Waals surface area contributed by atoms with Gasteiger partial charge >= 0.3 is 0 Å². The number of hydrogen-bond acceptors (Lipinski definition) is 4. The maximum Gasteiger partial charge on any atom is 0.246 e. The lowest BCUT2D eigenvalue weighted by atomic mass is 9.73. The summed E-state index contributed by atoms with van der Waals surface area (Å²) in [5.41, 5.74) is 0.390. The molecule has 3 amide bonds. The number of benzene rings is 2. The Morgan fingerprint density at radius 3 is 2.51 bits per heavy atom. The number of ether oxygens (including phenoxy) is 1. The van der Waals surface area contributed by atoms with Gasteiger partial charge in [-0.15, -0.1) is 0 Å². The second kappa shape index (κ2) is 11.9. The number of carbonyl (C=O) groups is 3. The van der Waals surface area contributed by atoms with Crippen molar-refractivity contribution < 1.29 is 19.1 Å².